The maximum atomic E-state index is 15.1. The number of fused-ring (bicyclic) bond motifs is 4. The molecule has 1 amide bonds. The molecule has 10 nitrogen and oxygen atoms in total. The molecule has 2 aliphatic carbocycles. The summed E-state index contributed by atoms with van der Waals surface area (Å²) in [6.45, 7) is -1.34. The molecule has 0 saturated heterocycles. The first-order valence-corrected chi connectivity index (χ1v) is 18.4. The average Bonchev–Trinajstić information content (AvgIpc) is 3.57. The number of hydrogen-bond donors (Lipinski definition) is 2. The van der Waals surface area contributed by atoms with Gasteiger partial charge in [0.05, 0.1) is 27.9 Å². The molecule has 53 heavy (non-hydrogen) atoms. The summed E-state index contributed by atoms with van der Waals surface area (Å²) in [6, 6.07) is 8.90. The minimum Gasteiger partial charge on any atom is -0.354 e. The van der Waals surface area contributed by atoms with E-state index in [4.69, 9.17) is 23.2 Å². The topological polar surface area (TPSA) is 124 Å². The van der Waals surface area contributed by atoms with E-state index < -0.39 is 80.9 Å². The quantitative estimate of drug-likeness (QED) is 0.114. The number of rotatable bonds is 10. The van der Waals surface area contributed by atoms with Crippen LogP contribution in [0.3, 0.4) is 0 Å². The monoisotopic (exact) mass is 803 g/mol. The molecule has 0 unspecified atom stereocenters. The third-order valence-electron chi connectivity index (χ3n) is 9.23. The molecule has 20 heteroatoms. The number of hydrogen-bond acceptors (Lipinski definition) is 6. The van der Waals surface area contributed by atoms with Gasteiger partial charge in [-0.2, -0.15) is 32.1 Å². The average molecular weight is 805 g/mol. The maximum absolute atomic E-state index is 15.1. The number of nitrogens with one attached hydrogen (secondary N) is 2. The smallest absolute Gasteiger partial charge is 0.354 e. The number of benzene rings is 2. The number of carbonyl (C=O) groups is 1. The first kappa shape index (κ1) is 36.9. The third kappa shape index (κ3) is 6.91. The van der Waals surface area contributed by atoms with Crippen LogP contribution in [0.15, 0.2) is 42.5 Å². The van der Waals surface area contributed by atoms with Crippen molar-refractivity contribution in [2.24, 2.45) is 13.0 Å². The number of anilines is 1. The van der Waals surface area contributed by atoms with Crippen molar-refractivity contribution in [1.82, 2.24) is 29.9 Å². The summed E-state index contributed by atoms with van der Waals surface area (Å²) < 4.78 is 129. The standard InChI is InChI=1S/C33H26Cl2F7N7O3S/c1-48-28-19(3-5-22(34)26(28)31(46-48)47-53(2,51)52)18-4-6-23(35)44-27(18)15(7-14-8-16(36)10-17(37)9-14)12-43-24(50)13-49-30-25(29(45-49)33(40,41)42)20-11-21(20)32(30,38)39/h3-6,8-10,15,20-21H,7,11-13H2,1-2H3,(H,43,50)(H,46,47)/t15-,20+,21-/m1/s1. The zero-order chi connectivity index (χ0) is 38.4. The summed E-state index contributed by atoms with van der Waals surface area (Å²) in [5.74, 6) is -9.71. The maximum Gasteiger partial charge on any atom is 0.435 e. The van der Waals surface area contributed by atoms with Crippen LogP contribution in [0.5, 0.6) is 0 Å². The number of pyridine rings is 1. The van der Waals surface area contributed by atoms with Gasteiger partial charge in [0.25, 0.3) is 5.92 Å². The van der Waals surface area contributed by atoms with E-state index >= 15 is 8.78 Å². The first-order chi connectivity index (χ1) is 24.7. The fourth-order valence-electron chi connectivity index (χ4n) is 7.13. The molecule has 2 aliphatic rings. The minimum atomic E-state index is -5.03. The second-order valence-electron chi connectivity index (χ2n) is 13.1. The number of aryl methyl sites for hydroxylation is 1. The molecular formula is C33H26Cl2F7N7O3S. The molecule has 0 radical (unpaired) electrons. The highest BCUT2D eigenvalue weighted by atomic mass is 35.5. The molecule has 280 valence electrons. The van der Waals surface area contributed by atoms with Crippen LogP contribution in [-0.4, -0.2) is 51.7 Å². The molecule has 1 fully saturated rings. The largest absolute Gasteiger partial charge is 0.435 e. The Hall–Kier alpha value is -4.42. The molecule has 3 aromatic heterocycles. The molecule has 2 N–H and O–H groups in total. The Morgan fingerprint density at radius 3 is 2.40 bits per heavy atom. The summed E-state index contributed by atoms with van der Waals surface area (Å²) in [4.78, 5) is 17.8. The normalized spacial score (nSPS) is 18.2. The van der Waals surface area contributed by atoms with E-state index in [1.165, 1.54) is 23.9 Å². The number of amides is 1. The number of aromatic nitrogens is 5. The third-order valence-corrected chi connectivity index (χ3v) is 10.3. The van der Waals surface area contributed by atoms with Gasteiger partial charge < -0.3 is 5.32 Å². The first-order valence-electron chi connectivity index (χ1n) is 15.8. The van der Waals surface area contributed by atoms with Gasteiger partial charge in [0.1, 0.15) is 29.0 Å². The van der Waals surface area contributed by atoms with E-state index in [0.717, 1.165) is 18.4 Å². The summed E-state index contributed by atoms with van der Waals surface area (Å²) in [6.07, 6.45) is -4.38. The lowest BCUT2D eigenvalue weighted by Gasteiger charge is -2.22. The van der Waals surface area contributed by atoms with Gasteiger partial charge in [-0.3, -0.25) is 18.9 Å². The summed E-state index contributed by atoms with van der Waals surface area (Å²) in [7, 11) is -2.26. The van der Waals surface area contributed by atoms with Gasteiger partial charge in [-0.25, -0.2) is 22.2 Å². The van der Waals surface area contributed by atoms with Crippen LogP contribution in [0, 0.1) is 17.6 Å². The SMILES string of the molecule is Cn1nc(NS(C)(=O)=O)c2c(Cl)ccc(-c3ccc(Cl)nc3[C@@H](CNC(=O)Cn3nc(C(F)(F)F)c4c3C(F)(F)[C@@H]3C[C@H]43)Cc3cc(F)cc(F)c3)c21. The molecule has 7 rings (SSSR count). The Bertz CT molecular complexity index is 2420. The Morgan fingerprint density at radius 1 is 1.06 bits per heavy atom. The van der Waals surface area contributed by atoms with Gasteiger partial charge in [-0.15, -0.1) is 0 Å². The molecule has 0 aliphatic heterocycles. The molecule has 5 aromatic rings. The van der Waals surface area contributed by atoms with Crippen molar-refractivity contribution in [3.8, 4) is 11.1 Å². The fraction of sp³-hybridized carbons (Fsp3) is 0.333. The molecule has 0 bridgehead atoms. The Kier molecular flexibility index (Phi) is 8.96. The van der Waals surface area contributed by atoms with E-state index in [1.54, 1.807) is 12.1 Å². The van der Waals surface area contributed by atoms with Gasteiger partial charge in [0.15, 0.2) is 11.5 Å². The van der Waals surface area contributed by atoms with Crippen molar-refractivity contribution in [3.63, 3.8) is 0 Å². The molecule has 2 aromatic carbocycles. The van der Waals surface area contributed by atoms with E-state index in [-0.39, 0.29) is 52.0 Å². The Labute approximate surface area is 306 Å². The van der Waals surface area contributed by atoms with Gasteiger partial charge in [-0.05, 0) is 54.7 Å². The van der Waals surface area contributed by atoms with Crippen LogP contribution in [-0.2, 0) is 46.9 Å². The van der Waals surface area contributed by atoms with Gasteiger partial charge in [-0.1, -0.05) is 29.3 Å². The van der Waals surface area contributed by atoms with Crippen LogP contribution >= 0.6 is 23.2 Å². The minimum absolute atomic E-state index is 0.0206. The van der Waals surface area contributed by atoms with Crippen molar-refractivity contribution < 1.29 is 43.9 Å². The van der Waals surface area contributed by atoms with Crippen LogP contribution in [0.2, 0.25) is 10.2 Å². The van der Waals surface area contributed by atoms with Gasteiger partial charge in [0.2, 0.25) is 15.9 Å². The van der Waals surface area contributed by atoms with E-state index in [2.05, 4.69) is 25.2 Å². The van der Waals surface area contributed by atoms with Crippen molar-refractivity contribution in [1.29, 1.82) is 0 Å². The highest BCUT2D eigenvalue weighted by Gasteiger charge is 2.68. The molecule has 3 heterocycles. The second-order valence-corrected chi connectivity index (χ2v) is 15.6. The number of alkyl halides is 5. The van der Waals surface area contributed by atoms with Crippen molar-refractivity contribution in [3.05, 3.63) is 92.5 Å². The zero-order valence-corrected chi connectivity index (χ0v) is 29.7. The van der Waals surface area contributed by atoms with E-state index in [1.807, 2.05) is 0 Å². The number of sulfonamides is 1. The highest BCUT2D eigenvalue weighted by Crippen LogP contribution is 2.68. The summed E-state index contributed by atoms with van der Waals surface area (Å²) in [5.41, 5.74) is -1.57. The highest BCUT2D eigenvalue weighted by molar-refractivity contribution is 7.92. The molecule has 0 spiro atoms. The predicted molar refractivity (Wildman–Crippen MR) is 180 cm³/mol. The van der Waals surface area contributed by atoms with Crippen LogP contribution in [0.1, 0.15) is 46.5 Å². The van der Waals surface area contributed by atoms with Gasteiger partial charge in [0, 0.05) is 48.2 Å². The lowest BCUT2D eigenvalue weighted by atomic mass is 9.89. The number of nitrogens with zero attached hydrogens (tertiary/aromatic N) is 5. The van der Waals surface area contributed by atoms with E-state index in [9.17, 15) is 35.2 Å². The van der Waals surface area contributed by atoms with Crippen molar-refractivity contribution in [2.45, 2.75) is 43.3 Å². The Balaban J connectivity index is 1.27. The molecule has 3 atom stereocenters. The Morgan fingerprint density at radius 2 is 1.74 bits per heavy atom. The number of halogens is 9. The van der Waals surface area contributed by atoms with Crippen molar-refractivity contribution in [2.75, 3.05) is 17.5 Å². The lowest BCUT2D eigenvalue weighted by molar-refractivity contribution is -0.142. The van der Waals surface area contributed by atoms with Crippen LogP contribution in [0.4, 0.5) is 36.6 Å². The van der Waals surface area contributed by atoms with E-state index in [0.29, 0.717) is 27.4 Å². The van der Waals surface area contributed by atoms with Crippen LogP contribution in [0.25, 0.3) is 22.0 Å². The number of carbonyl (C=O) groups excluding carboxylic acids is 1. The second kappa shape index (κ2) is 12.9. The van der Waals surface area contributed by atoms with Crippen molar-refractivity contribution >= 4 is 55.9 Å². The van der Waals surface area contributed by atoms with Gasteiger partial charge >= 0.3 is 6.18 Å². The zero-order valence-electron chi connectivity index (χ0n) is 27.4. The summed E-state index contributed by atoms with van der Waals surface area (Å²) in [5, 5.41) is 10.6. The predicted octanol–water partition coefficient (Wildman–Crippen LogP) is 7.16. The fourth-order valence-corrected chi connectivity index (χ4v) is 8.02. The van der Waals surface area contributed by atoms with Crippen LogP contribution < -0.4 is 10.0 Å². The molecular weight excluding hydrogens is 778 g/mol. The lowest BCUT2D eigenvalue weighted by Crippen LogP contribution is -2.34. The summed E-state index contributed by atoms with van der Waals surface area (Å²) >= 11 is 12.9. The molecule has 1 saturated carbocycles.